The van der Waals surface area contributed by atoms with Crippen molar-refractivity contribution in [2.24, 2.45) is 0 Å². The Morgan fingerprint density at radius 1 is 1.05 bits per heavy atom. The zero-order valence-corrected chi connectivity index (χ0v) is 11.2. The Bertz CT molecular complexity index is 714. The van der Waals surface area contributed by atoms with E-state index in [1.54, 1.807) is 18.2 Å². The Balaban J connectivity index is 2.07. The number of hydrogen-bond acceptors (Lipinski definition) is 3. The number of sulfonamides is 1. The lowest BCUT2D eigenvalue weighted by Gasteiger charge is -2.06. The molecule has 0 saturated carbocycles. The van der Waals surface area contributed by atoms with Crippen molar-refractivity contribution in [3.8, 4) is 0 Å². The van der Waals surface area contributed by atoms with Gasteiger partial charge in [-0.15, -0.1) is 0 Å². The number of Topliss-reactive ketones (excluding diaryl/α,β-unsaturated/α-hetero) is 1. The van der Waals surface area contributed by atoms with Crippen molar-refractivity contribution < 1.29 is 17.6 Å². The second-order valence-corrected chi connectivity index (χ2v) is 5.84. The van der Waals surface area contributed by atoms with Gasteiger partial charge >= 0.3 is 0 Å². The molecule has 4 nitrogen and oxygen atoms in total. The Morgan fingerprint density at radius 2 is 1.75 bits per heavy atom. The van der Waals surface area contributed by atoms with Gasteiger partial charge in [0.25, 0.3) is 0 Å². The number of hydrogen-bond donors (Lipinski definition) is 1. The first-order valence-corrected chi connectivity index (χ1v) is 7.31. The summed E-state index contributed by atoms with van der Waals surface area (Å²) in [6, 6.07) is 12.8. The topological polar surface area (TPSA) is 63.2 Å². The molecule has 0 aliphatic rings. The van der Waals surface area contributed by atoms with E-state index in [4.69, 9.17) is 0 Å². The summed E-state index contributed by atoms with van der Waals surface area (Å²) in [6.07, 6.45) is 0. The molecule has 0 amide bonds. The largest absolute Gasteiger partial charge is 0.293 e. The average Bonchev–Trinajstić information content (AvgIpc) is 2.46. The molecule has 0 aliphatic carbocycles. The molecule has 0 aromatic heterocycles. The molecule has 0 aliphatic heterocycles. The quantitative estimate of drug-likeness (QED) is 0.857. The van der Waals surface area contributed by atoms with E-state index in [9.17, 15) is 17.6 Å². The Morgan fingerprint density at radius 3 is 2.40 bits per heavy atom. The molecule has 104 valence electrons. The van der Waals surface area contributed by atoms with Crippen molar-refractivity contribution in [3.63, 3.8) is 0 Å². The van der Waals surface area contributed by atoms with E-state index >= 15 is 0 Å². The van der Waals surface area contributed by atoms with E-state index in [1.165, 1.54) is 30.3 Å². The summed E-state index contributed by atoms with van der Waals surface area (Å²) in [4.78, 5) is 11.9. The molecule has 2 rings (SSSR count). The third-order valence-corrected chi connectivity index (χ3v) is 4.04. The molecule has 0 heterocycles. The van der Waals surface area contributed by atoms with Crippen LogP contribution in [0.2, 0.25) is 0 Å². The first kappa shape index (κ1) is 14.4. The van der Waals surface area contributed by atoms with E-state index in [-0.39, 0.29) is 10.5 Å². The normalized spacial score (nSPS) is 11.2. The molecule has 0 bridgehead atoms. The van der Waals surface area contributed by atoms with Crippen LogP contribution >= 0.6 is 0 Å². The fraction of sp³-hybridized carbons (Fsp3) is 0.0714. The van der Waals surface area contributed by atoms with Crippen LogP contribution in [0.1, 0.15) is 10.4 Å². The molecule has 0 atom stereocenters. The predicted molar refractivity (Wildman–Crippen MR) is 72.4 cm³/mol. The molecule has 1 N–H and O–H groups in total. The van der Waals surface area contributed by atoms with Crippen LogP contribution in [-0.4, -0.2) is 20.7 Å². The molecule has 6 heteroatoms. The van der Waals surface area contributed by atoms with E-state index < -0.39 is 28.2 Å². The fourth-order valence-corrected chi connectivity index (χ4v) is 2.61. The van der Waals surface area contributed by atoms with Gasteiger partial charge in [0, 0.05) is 5.56 Å². The van der Waals surface area contributed by atoms with E-state index in [0.717, 1.165) is 6.07 Å². The molecule has 2 aromatic carbocycles. The Kier molecular flexibility index (Phi) is 4.26. The highest BCUT2D eigenvalue weighted by Crippen LogP contribution is 2.08. The summed E-state index contributed by atoms with van der Waals surface area (Å²) >= 11 is 0. The number of rotatable bonds is 5. The van der Waals surface area contributed by atoms with Gasteiger partial charge in [0.15, 0.2) is 5.78 Å². The first-order valence-electron chi connectivity index (χ1n) is 5.82. The molecular formula is C14H12FNO3S. The van der Waals surface area contributed by atoms with Crippen LogP contribution in [0.15, 0.2) is 59.5 Å². The molecule has 20 heavy (non-hydrogen) atoms. The second kappa shape index (κ2) is 5.94. The Labute approximate surface area is 116 Å². The van der Waals surface area contributed by atoms with Gasteiger partial charge in [0.05, 0.1) is 11.4 Å². The van der Waals surface area contributed by atoms with E-state index in [0.29, 0.717) is 0 Å². The zero-order chi connectivity index (χ0) is 14.6. The molecular weight excluding hydrogens is 281 g/mol. The molecule has 0 radical (unpaired) electrons. The number of nitrogens with one attached hydrogen (secondary N) is 1. The molecule has 0 unspecified atom stereocenters. The van der Waals surface area contributed by atoms with Crippen LogP contribution < -0.4 is 4.72 Å². The van der Waals surface area contributed by atoms with Crippen LogP contribution in [0.4, 0.5) is 4.39 Å². The van der Waals surface area contributed by atoms with Gasteiger partial charge in [-0.25, -0.2) is 17.5 Å². The van der Waals surface area contributed by atoms with Crippen molar-refractivity contribution in [1.29, 1.82) is 0 Å². The minimum atomic E-state index is -3.74. The summed E-state index contributed by atoms with van der Waals surface area (Å²) < 4.78 is 39.0. The number of halogens is 1. The summed E-state index contributed by atoms with van der Waals surface area (Å²) in [5.74, 6) is -1.04. The van der Waals surface area contributed by atoms with Crippen molar-refractivity contribution in [1.82, 2.24) is 4.72 Å². The van der Waals surface area contributed by atoms with Crippen molar-refractivity contribution in [2.45, 2.75) is 4.90 Å². The maximum Gasteiger partial charge on any atom is 0.240 e. The van der Waals surface area contributed by atoms with Gasteiger partial charge < -0.3 is 0 Å². The lowest BCUT2D eigenvalue weighted by Crippen LogP contribution is -2.29. The van der Waals surface area contributed by atoms with Gasteiger partial charge in [-0.1, -0.05) is 30.3 Å². The maximum absolute atomic E-state index is 13.0. The van der Waals surface area contributed by atoms with Gasteiger partial charge in [0.1, 0.15) is 5.82 Å². The summed E-state index contributed by atoms with van der Waals surface area (Å²) in [6.45, 7) is -0.416. The third-order valence-electron chi connectivity index (χ3n) is 2.62. The lowest BCUT2D eigenvalue weighted by atomic mass is 10.1. The maximum atomic E-state index is 13.0. The number of carbonyl (C=O) groups is 1. The summed E-state index contributed by atoms with van der Waals surface area (Å²) in [5, 5.41) is 0. The summed E-state index contributed by atoms with van der Waals surface area (Å²) in [5.41, 5.74) is 0.126. The van der Waals surface area contributed by atoms with Crippen LogP contribution in [0.25, 0.3) is 0 Å². The van der Waals surface area contributed by atoms with Crippen LogP contribution in [0.5, 0.6) is 0 Å². The smallest absolute Gasteiger partial charge is 0.240 e. The van der Waals surface area contributed by atoms with Crippen molar-refractivity contribution >= 4 is 15.8 Å². The summed E-state index contributed by atoms with van der Waals surface area (Å²) in [7, 11) is -3.74. The molecule has 0 fully saturated rings. The zero-order valence-electron chi connectivity index (χ0n) is 10.4. The minimum Gasteiger partial charge on any atom is -0.293 e. The lowest BCUT2D eigenvalue weighted by molar-refractivity contribution is 0.0996. The second-order valence-electron chi connectivity index (χ2n) is 4.07. The standard InChI is InChI=1S/C14H12FNO3S/c15-12-6-4-5-11(9-12)14(17)10-16-20(18,19)13-7-2-1-3-8-13/h1-9,16H,10H2. The fourth-order valence-electron chi connectivity index (χ4n) is 1.61. The number of benzene rings is 2. The average molecular weight is 293 g/mol. The molecule has 0 saturated heterocycles. The Hall–Kier alpha value is -2.05. The third kappa shape index (κ3) is 3.49. The van der Waals surface area contributed by atoms with Gasteiger partial charge in [-0.05, 0) is 24.3 Å². The predicted octanol–water partition coefficient (Wildman–Crippen LogP) is 1.99. The van der Waals surface area contributed by atoms with Crippen molar-refractivity contribution in [3.05, 3.63) is 66.0 Å². The highest BCUT2D eigenvalue weighted by molar-refractivity contribution is 7.89. The van der Waals surface area contributed by atoms with Crippen LogP contribution in [-0.2, 0) is 10.0 Å². The number of carbonyl (C=O) groups excluding carboxylic acids is 1. The van der Waals surface area contributed by atoms with Gasteiger partial charge in [-0.3, -0.25) is 4.79 Å². The van der Waals surface area contributed by atoms with E-state index in [1.807, 2.05) is 0 Å². The van der Waals surface area contributed by atoms with Crippen LogP contribution in [0, 0.1) is 5.82 Å². The first-order chi connectivity index (χ1) is 9.49. The minimum absolute atomic E-state index is 0.0760. The van der Waals surface area contributed by atoms with Crippen molar-refractivity contribution in [2.75, 3.05) is 6.54 Å². The highest BCUT2D eigenvalue weighted by atomic mass is 32.2. The highest BCUT2D eigenvalue weighted by Gasteiger charge is 2.15. The molecule has 0 spiro atoms. The SMILES string of the molecule is O=C(CNS(=O)(=O)c1ccccc1)c1cccc(F)c1. The monoisotopic (exact) mass is 293 g/mol. The van der Waals surface area contributed by atoms with Gasteiger partial charge in [-0.2, -0.15) is 0 Å². The van der Waals surface area contributed by atoms with Gasteiger partial charge in [0.2, 0.25) is 10.0 Å². The van der Waals surface area contributed by atoms with Crippen LogP contribution in [0.3, 0.4) is 0 Å². The number of ketones is 1. The molecule has 2 aromatic rings. The van der Waals surface area contributed by atoms with E-state index in [2.05, 4.69) is 4.72 Å².